The number of benzene rings is 2. The third-order valence-corrected chi connectivity index (χ3v) is 4.61. The van der Waals surface area contributed by atoms with Crippen LogP contribution < -0.4 is 14.8 Å². The van der Waals surface area contributed by atoms with Crippen LogP contribution in [0.15, 0.2) is 54.2 Å². The zero-order valence-electron chi connectivity index (χ0n) is 15.0. The number of unbranched alkanes of at least 4 members (excludes halogenated alkanes) is 1. The number of ether oxygens (including phenoxy) is 2. The van der Waals surface area contributed by atoms with Gasteiger partial charge in [0.2, 0.25) is 6.79 Å². The second-order valence-corrected chi connectivity index (χ2v) is 6.42. The molecule has 2 aromatic carbocycles. The molecular formula is C21H20N2O4. The van der Waals surface area contributed by atoms with Crippen LogP contribution in [-0.2, 0) is 9.59 Å². The van der Waals surface area contributed by atoms with E-state index in [-0.39, 0.29) is 18.6 Å². The van der Waals surface area contributed by atoms with Gasteiger partial charge in [-0.05, 0) is 24.1 Å². The molecule has 6 heteroatoms. The van der Waals surface area contributed by atoms with Crippen molar-refractivity contribution in [1.82, 2.24) is 4.90 Å². The third-order valence-electron chi connectivity index (χ3n) is 4.61. The molecule has 138 valence electrons. The molecule has 2 aliphatic heterocycles. The van der Waals surface area contributed by atoms with Gasteiger partial charge in [-0.25, -0.2) is 0 Å². The largest absolute Gasteiger partial charge is 0.454 e. The summed E-state index contributed by atoms with van der Waals surface area (Å²) in [6.45, 7) is 2.62. The van der Waals surface area contributed by atoms with E-state index in [2.05, 4.69) is 5.32 Å². The average Bonchev–Trinajstić information content (AvgIpc) is 3.24. The molecule has 2 aliphatic rings. The van der Waals surface area contributed by atoms with E-state index < -0.39 is 0 Å². The van der Waals surface area contributed by atoms with Crippen LogP contribution in [0.1, 0.15) is 25.3 Å². The molecule has 2 amide bonds. The molecule has 6 nitrogen and oxygen atoms in total. The maximum atomic E-state index is 13.0. The number of imide groups is 1. The van der Waals surface area contributed by atoms with Gasteiger partial charge in [0.25, 0.3) is 11.8 Å². The van der Waals surface area contributed by atoms with Gasteiger partial charge in [-0.15, -0.1) is 0 Å². The summed E-state index contributed by atoms with van der Waals surface area (Å²) < 4.78 is 10.7. The zero-order chi connectivity index (χ0) is 18.8. The number of hydrogen-bond acceptors (Lipinski definition) is 5. The maximum absolute atomic E-state index is 13.0. The fourth-order valence-electron chi connectivity index (χ4n) is 3.20. The van der Waals surface area contributed by atoms with Crippen molar-refractivity contribution in [3.05, 3.63) is 59.8 Å². The molecule has 0 spiro atoms. The minimum absolute atomic E-state index is 0.180. The van der Waals surface area contributed by atoms with E-state index >= 15 is 0 Å². The summed E-state index contributed by atoms with van der Waals surface area (Å²) in [5.41, 5.74) is 2.08. The smallest absolute Gasteiger partial charge is 0.278 e. The summed E-state index contributed by atoms with van der Waals surface area (Å²) in [4.78, 5) is 27.3. The second kappa shape index (κ2) is 7.15. The van der Waals surface area contributed by atoms with Gasteiger partial charge in [0, 0.05) is 18.3 Å². The molecule has 0 aromatic heterocycles. The van der Waals surface area contributed by atoms with E-state index in [9.17, 15) is 9.59 Å². The Balaban J connectivity index is 1.72. The Morgan fingerprint density at radius 2 is 1.78 bits per heavy atom. The Labute approximate surface area is 157 Å². The molecule has 0 saturated carbocycles. The minimum Gasteiger partial charge on any atom is -0.454 e. The van der Waals surface area contributed by atoms with Gasteiger partial charge >= 0.3 is 0 Å². The number of fused-ring (bicyclic) bond motifs is 1. The lowest BCUT2D eigenvalue weighted by Crippen LogP contribution is -2.33. The molecular weight excluding hydrogens is 344 g/mol. The third kappa shape index (κ3) is 3.14. The molecule has 2 aromatic rings. The number of carbonyl (C=O) groups excluding carboxylic acids is 2. The van der Waals surface area contributed by atoms with Gasteiger partial charge in [0.05, 0.1) is 5.57 Å². The highest BCUT2D eigenvalue weighted by atomic mass is 16.7. The van der Waals surface area contributed by atoms with Crippen LogP contribution >= 0.6 is 0 Å². The summed E-state index contributed by atoms with van der Waals surface area (Å²) in [5, 5.41) is 3.14. The first kappa shape index (κ1) is 17.1. The number of anilines is 1. The van der Waals surface area contributed by atoms with Crippen molar-refractivity contribution in [3.8, 4) is 11.5 Å². The van der Waals surface area contributed by atoms with Crippen molar-refractivity contribution >= 4 is 23.1 Å². The SMILES string of the molecule is CCCCN1C(=O)C(Nc2ccc3c(c2)OCO3)=C(c2ccccc2)C1=O. The van der Waals surface area contributed by atoms with Crippen molar-refractivity contribution in [3.63, 3.8) is 0 Å². The van der Waals surface area contributed by atoms with Crippen molar-refractivity contribution in [1.29, 1.82) is 0 Å². The molecule has 0 bridgehead atoms. The zero-order valence-corrected chi connectivity index (χ0v) is 15.0. The molecule has 0 unspecified atom stereocenters. The number of nitrogens with one attached hydrogen (secondary N) is 1. The quantitative estimate of drug-likeness (QED) is 0.796. The normalized spacial score (nSPS) is 15.7. The molecule has 0 atom stereocenters. The first-order chi connectivity index (χ1) is 13.2. The highest BCUT2D eigenvalue weighted by molar-refractivity contribution is 6.36. The lowest BCUT2D eigenvalue weighted by molar-refractivity contribution is -0.136. The van der Waals surface area contributed by atoms with E-state index in [0.717, 1.165) is 18.4 Å². The number of nitrogens with zero attached hydrogens (tertiary/aromatic N) is 1. The van der Waals surface area contributed by atoms with Crippen LogP contribution in [0, 0.1) is 0 Å². The Morgan fingerprint density at radius 3 is 2.56 bits per heavy atom. The van der Waals surface area contributed by atoms with Crippen LogP contribution in [0.3, 0.4) is 0 Å². The summed E-state index contributed by atoms with van der Waals surface area (Å²) in [6.07, 6.45) is 1.68. The lowest BCUT2D eigenvalue weighted by Gasteiger charge is -2.14. The fourth-order valence-corrected chi connectivity index (χ4v) is 3.20. The monoisotopic (exact) mass is 364 g/mol. The maximum Gasteiger partial charge on any atom is 0.278 e. The van der Waals surface area contributed by atoms with E-state index in [1.54, 1.807) is 18.2 Å². The minimum atomic E-state index is -0.301. The molecule has 2 heterocycles. The Kier molecular flexibility index (Phi) is 4.54. The molecule has 0 radical (unpaired) electrons. The van der Waals surface area contributed by atoms with Gasteiger partial charge in [-0.3, -0.25) is 14.5 Å². The first-order valence-electron chi connectivity index (χ1n) is 9.01. The number of carbonyl (C=O) groups is 2. The molecule has 0 aliphatic carbocycles. The first-order valence-corrected chi connectivity index (χ1v) is 9.01. The molecule has 0 saturated heterocycles. The summed E-state index contributed by atoms with van der Waals surface area (Å²) in [7, 11) is 0. The number of amides is 2. The van der Waals surface area contributed by atoms with E-state index in [1.807, 2.05) is 37.3 Å². The number of rotatable bonds is 6. The van der Waals surface area contributed by atoms with Gasteiger partial charge in [-0.2, -0.15) is 0 Å². The second-order valence-electron chi connectivity index (χ2n) is 6.42. The van der Waals surface area contributed by atoms with Crippen molar-refractivity contribution in [2.45, 2.75) is 19.8 Å². The Hall–Kier alpha value is -3.28. The van der Waals surface area contributed by atoms with Gasteiger partial charge < -0.3 is 14.8 Å². The highest BCUT2D eigenvalue weighted by Crippen LogP contribution is 2.36. The van der Waals surface area contributed by atoms with Gasteiger partial charge in [0.15, 0.2) is 11.5 Å². The van der Waals surface area contributed by atoms with E-state index in [4.69, 9.17) is 9.47 Å². The van der Waals surface area contributed by atoms with E-state index in [0.29, 0.717) is 35.0 Å². The Bertz CT molecular complexity index is 921. The molecule has 4 rings (SSSR count). The number of hydrogen-bond donors (Lipinski definition) is 1. The fraction of sp³-hybridized carbons (Fsp3) is 0.238. The molecule has 1 N–H and O–H groups in total. The summed E-state index contributed by atoms with van der Waals surface area (Å²) in [6, 6.07) is 14.6. The van der Waals surface area contributed by atoms with Crippen molar-refractivity contribution in [2.24, 2.45) is 0 Å². The van der Waals surface area contributed by atoms with Crippen LogP contribution in [-0.4, -0.2) is 30.1 Å². The predicted molar refractivity (Wildman–Crippen MR) is 101 cm³/mol. The van der Waals surface area contributed by atoms with Crippen LogP contribution in [0.2, 0.25) is 0 Å². The predicted octanol–water partition coefficient (Wildman–Crippen LogP) is 3.41. The van der Waals surface area contributed by atoms with E-state index in [1.165, 1.54) is 4.90 Å². The Morgan fingerprint density at radius 1 is 1.00 bits per heavy atom. The topological polar surface area (TPSA) is 67.9 Å². The highest BCUT2D eigenvalue weighted by Gasteiger charge is 2.38. The lowest BCUT2D eigenvalue weighted by atomic mass is 10.0. The van der Waals surface area contributed by atoms with Crippen LogP contribution in [0.5, 0.6) is 11.5 Å². The summed E-state index contributed by atoms with van der Waals surface area (Å²) in [5.74, 6) is 0.713. The standard InChI is InChI=1S/C21H20N2O4/c1-2-3-11-23-20(24)18(14-7-5-4-6-8-14)19(21(23)25)22-15-9-10-16-17(12-15)27-13-26-16/h4-10,12,22H,2-3,11,13H2,1H3. The molecule has 0 fully saturated rings. The van der Waals surface area contributed by atoms with Crippen molar-refractivity contribution in [2.75, 3.05) is 18.7 Å². The molecule has 27 heavy (non-hydrogen) atoms. The van der Waals surface area contributed by atoms with Crippen LogP contribution in [0.4, 0.5) is 5.69 Å². The van der Waals surface area contributed by atoms with Crippen molar-refractivity contribution < 1.29 is 19.1 Å². The summed E-state index contributed by atoms with van der Waals surface area (Å²) >= 11 is 0. The van der Waals surface area contributed by atoms with Crippen LogP contribution in [0.25, 0.3) is 5.57 Å². The van der Waals surface area contributed by atoms with Gasteiger partial charge in [0.1, 0.15) is 5.70 Å². The average molecular weight is 364 g/mol. The van der Waals surface area contributed by atoms with Gasteiger partial charge in [-0.1, -0.05) is 43.7 Å².